The number of aliphatic carboxylic acids is 1. The lowest BCUT2D eigenvalue weighted by molar-refractivity contribution is -0.136. The number of halogens is 1. The molecule has 1 aromatic carbocycles. The molecule has 0 aliphatic heterocycles. The summed E-state index contributed by atoms with van der Waals surface area (Å²) < 4.78 is 13.2. The molecule has 0 saturated heterocycles. The van der Waals surface area contributed by atoms with Crippen LogP contribution in [0.2, 0.25) is 0 Å². The van der Waals surface area contributed by atoms with Crippen LogP contribution >= 0.6 is 0 Å². The van der Waals surface area contributed by atoms with E-state index in [0.717, 1.165) is 5.56 Å². The lowest BCUT2D eigenvalue weighted by Crippen LogP contribution is -2.02. The maximum Gasteiger partial charge on any atom is 0.307 e. The number of carboxylic acid groups (broad SMARTS) is 1. The van der Waals surface area contributed by atoms with Gasteiger partial charge in [-0.05, 0) is 41.0 Å². The average molecular weight is 231 g/mol. The zero-order valence-corrected chi connectivity index (χ0v) is 8.93. The van der Waals surface area contributed by atoms with Crippen molar-refractivity contribution >= 4 is 5.97 Å². The van der Waals surface area contributed by atoms with Crippen molar-refractivity contribution in [1.29, 1.82) is 0 Å². The molecular weight excluding hydrogens is 221 g/mol. The number of carboxylic acids is 1. The number of benzene rings is 1. The summed E-state index contributed by atoms with van der Waals surface area (Å²) in [5.74, 6) is -1.32. The Morgan fingerprint density at radius 3 is 2.59 bits per heavy atom. The first-order valence-electron chi connectivity index (χ1n) is 5.07. The summed E-state index contributed by atoms with van der Waals surface area (Å²) in [6.07, 6.45) is 3.05. The fourth-order valence-corrected chi connectivity index (χ4v) is 1.67. The Bertz CT molecular complexity index is 540. The third kappa shape index (κ3) is 2.66. The predicted molar refractivity (Wildman–Crippen MR) is 61.0 cm³/mol. The van der Waals surface area contributed by atoms with Gasteiger partial charge in [0.25, 0.3) is 0 Å². The highest BCUT2D eigenvalue weighted by molar-refractivity contribution is 5.76. The first kappa shape index (κ1) is 11.3. The van der Waals surface area contributed by atoms with Crippen LogP contribution in [0.1, 0.15) is 5.56 Å². The zero-order chi connectivity index (χ0) is 12.3. The fourth-order valence-electron chi connectivity index (χ4n) is 1.67. The van der Waals surface area contributed by atoms with E-state index < -0.39 is 5.97 Å². The molecule has 0 unspecified atom stereocenters. The highest BCUT2D eigenvalue weighted by Crippen LogP contribution is 2.24. The fraction of sp³-hybridized carbons (Fsp3) is 0.0769. The Morgan fingerprint density at radius 2 is 1.94 bits per heavy atom. The number of aromatic nitrogens is 1. The molecule has 17 heavy (non-hydrogen) atoms. The minimum atomic E-state index is -0.938. The van der Waals surface area contributed by atoms with E-state index in [9.17, 15) is 9.18 Å². The van der Waals surface area contributed by atoms with Crippen LogP contribution in [-0.4, -0.2) is 16.1 Å². The number of pyridine rings is 1. The molecule has 0 fully saturated rings. The van der Waals surface area contributed by atoms with E-state index >= 15 is 0 Å². The molecule has 0 atom stereocenters. The smallest absolute Gasteiger partial charge is 0.307 e. The molecule has 1 heterocycles. The normalized spacial score (nSPS) is 10.2. The van der Waals surface area contributed by atoms with Crippen molar-refractivity contribution in [2.75, 3.05) is 0 Å². The standard InChI is InChI=1S/C13H10FNO2/c14-11-2-1-10(7-13(16)17)12(8-11)9-3-5-15-6-4-9/h1-6,8H,7H2,(H,16,17). The molecule has 0 aliphatic carbocycles. The molecule has 0 aliphatic rings. The maximum atomic E-state index is 13.2. The van der Waals surface area contributed by atoms with Crippen LogP contribution in [-0.2, 0) is 11.2 Å². The van der Waals surface area contributed by atoms with Crippen LogP contribution < -0.4 is 0 Å². The van der Waals surface area contributed by atoms with E-state index in [4.69, 9.17) is 5.11 Å². The highest BCUT2D eigenvalue weighted by atomic mass is 19.1. The second-order valence-electron chi connectivity index (χ2n) is 3.61. The predicted octanol–water partition coefficient (Wildman–Crippen LogP) is 2.51. The number of hydrogen-bond donors (Lipinski definition) is 1. The minimum absolute atomic E-state index is 0.127. The molecule has 0 radical (unpaired) electrons. The van der Waals surface area contributed by atoms with Gasteiger partial charge in [0.2, 0.25) is 0 Å². The Morgan fingerprint density at radius 1 is 1.24 bits per heavy atom. The zero-order valence-electron chi connectivity index (χ0n) is 8.93. The number of rotatable bonds is 3. The van der Waals surface area contributed by atoms with Gasteiger partial charge >= 0.3 is 5.97 Å². The van der Waals surface area contributed by atoms with Crippen LogP contribution in [0.4, 0.5) is 4.39 Å². The van der Waals surface area contributed by atoms with Gasteiger partial charge in [0, 0.05) is 12.4 Å². The lowest BCUT2D eigenvalue weighted by atomic mass is 9.98. The molecule has 2 rings (SSSR count). The van der Waals surface area contributed by atoms with E-state index in [0.29, 0.717) is 11.1 Å². The summed E-state index contributed by atoms with van der Waals surface area (Å²) in [5, 5.41) is 8.80. The van der Waals surface area contributed by atoms with Gasteiger partial charge < -0.3 is 5.11 Å². The Hall–Kier alpha value is -2.23. The number of nitrogens with zero attached hydrogens (tertiary/aromatic N) is 1. The highest BCUT2D eigenvalue weighted by Gasteiger charge is 2.09. The molecule has 0 saturated carbocycles. The molecule has 1 aromatic heterocycles. The monoisotopic (exact) mass is 231 g/mol. The summed E-state index contributed by atoms with van der Waals surface area (Å²) in [4.78, 5) is 14.6. The molecule has 1 N–H and O–H groups in total. The van der Waals surface area contributed by atoms with Crippen molar-refractivity contribution in [2.45, 2.75) is 6.42 Å². The molecule has 2 aromatic rings. The molecule has 86 valence electrons. The van der Waals surface area contributed by atoms with E-state index in [-0.39, 0.29) is 12.2 Å². The molecule has 3 nitrogen and oxygen atoms in total. The summed E-state index contributed by atoms with van der Waals surface area (Å²) in [5.41, 5.74) is 1.94. The van der Waals surface area contributed by atoms with Crippen molar-refractivity contribution in [3.63, 3.8) is 0 Å². The first-order valence-corrected chi connectivity index (χ1v) is 5.07. The molecular formula is C13H10FNO2. The number of carbonyl (C=O) groups is 1. The minimum Gasteiger partial charge on any atom is -0.481 e. The first-order chi connectivity index (χ1) is 8.16. The Kier molecular flexibility index (Phi) is 3.14. The van der Waals surface area contributed by atoms with Crippen LogP contribution in [0.3, 0.4) is 0 Å². The van der Waals surface area contributed by atoms with Crippen LogP contribution in [0.5, 0.6) is 0 Å². The van der Waals surface area contributed by atoms with E-state index in [1.165, 1.54) is 18.2 Å². The van der Waals surface area contributed by atoms with Crippen molar-refractivity contribution in [3.8, 4) is 11.1 Å². The third-order valence-corrected chi connectivity index (χ3v) is 2.40. The van der Waals surface area contributed by atoms with Gasteiger partial charge in [0.1, 0.15) is 5.82 Å². The molecule has 0 spiro atoms. The van der Waals surface area contributed by atoms with Gasteiger partial charge in [-0.1, -0.05) is 6.07 Å². The largest absolute Gasteiger partial charge is 0.481 e. The average Bonchev–Trinajstić information content (AvgIpc) is 2.32. The van der Waals surface area contributed by atoms with Gasteiger partial charge in [0.05, 0.1) is 6.42 Å². The Labute approximate surface area is 97.6 Å². The van der Waals surface area contributed by atoms with Crippen molar-refractivity contribution in [1.82, 2.24) is 4.98 Å². The van der Waals surface area contributed by atoms with Crippen LogP contribution in [0.25, 0.3) is 11.1 Å². The number of hydrogen-bond acceptors (Lipinski definition) is 2. The summed E-state index contributed by atoms with van der Waals surface area (Å²) in [6.45, 7) is 0. The van der Waals surface area contributed by atoms with E-state index in [2.05, 4.69) is 4.98 Å². The van der Waals surface area contributed by atoms with Crippen molar-refractivity contribution < 1.29 is 14.3 Å². The maximum absolute atomic E-state index is 13.2. The van der Waals surface area contributed by atoms with Crippen molar-refractivity contribution in [2.24, 2.45) is 0 Å². The van der Waals surface area contributed by atoms with Gasteiger partial charge in [-0.25, -0.2) is 4.39 Å². The SMILES string of the molecule is O=C(O)Cc1ccc(F)cc1-c1ccncc1. The third-order valence-electron chi connectivity index (χ3n) is 2.40. The quantitative estimate of drug-likeness (QED) is 0.883. The lowest BCUT2D eigenvalue weighted by Gasteiger charge is -2.07. The van der Waals surface area contributed by atoms with Gasteiger partial charge in [0.15, 0.2) is 0 Å². The summed E-state index contributed by atoms with van der Waals surface area (Å²) in [7, 11) is 0. The van der Waals surface area contributed by atoms with Crippen LogP contribution in [0.15, 0.2) is 42.7 Å². The second-order valence-corrected chi connectivity index (χ2v) is 3.61. The topological polar surface area (TPSA) is 50.2 Å². The Balaban J connectivity index is 2.51. The van der Waals surface area contributed by atoms with Gasteiger partial charge in [-0.3, -0.25) is 9.78 Å². The van der Waals surface area contributed by atoms with E-state index in [1.54, 1.807) is 24.5 Å². The van der Waals surface area contributed by atoms with Crippen LogP contribution in [0, 0.1) is 5.82 Å². The molecule has 0 bridgehead atoms. The van der Waals surface area contributed by atoms with E-state index in [1.807, 2.05) is 0 Å². The summed E-state index contributed by atoms with van der Waals surface area (Å²) >= 11 is 0. The van der Waals surface area contributed by atoms with Gasteiger partial charge in [-0.15, -0.1) is 0 Å². The summed E-state index contributed by atoms with van der Waals surface area (Å²) in [6, 6.07) is 7.55. The molecule has 4 heteroatoms. The van der Waals surface area contributed by atoms with Crippen molar-refractivity contribution in [3.05, 3.63) is 54.1 Å². The second kappa shape index (κ2) is 4.74. The molecule has 0 amide bonds. The van der Waals surface area contributed by atoms with Gasteiger partial charge in [-0.2, -0.15) is 0 Å².